The molecule has 0 aliphatic carbocycles. The average molecular weight is 408 g/mol. The van der Waals surface area contributed by atoms with E-state index in [4.69, 9.17) is 9.30 Å². The van der Waals surface area contributed by atoms with Crippen LogP contribution in [-0.2, 0) is 31.1 Å². The maximum atomic E-state index is 12.5. The fourth-order valence-electron chi connectivity index (χ4n) is 1.94. The van der Waals surface area contributed by atoms with E-state index in [-0.39, 0.29) is 17.1 Å². The Morgan fingerprint density at radius 2 is 1.28 bits per heavy atom. The van der Waals surface area contributed by atoms with E-state index in [1.807, 2.05) is 0 Å². The molecule has 0 unspecified atom stereocenters. The molecule has 0 radical (unpaired) electrons. The zero-order chi connectivity index (χ0) is 19.7. The zero-order valence-electron chi connectivity index (χ0n) is 12.7. The van der Waals surface area contributed by atoms with E-state index in [9.17, 15) is 26.3 Å². The van der Waals surface area contributed by atoms with E-state index in [1.54, 1.807) is 6.07 Å². The van der Waals surface area contributed by atoms with Gasteiger partial charge >= 0.3 is 35.0 Å². The first kappa shape index (κ1) is 28.7. The topological polar surface area (TPSA) is 49.0 Å². The fraction of sp³-hybridized carbons (Fsp3) is 0.467. The largest absolute Gasteiger partial charge is 0.999 e. The van der Waals surface area contributed by atoms with E-state index in [1.165, 1.54) is 0 Å². The summed E-state index contributed by atoms with van der Waals surface area (Å²) in [5.41, 5.74) is -6.21. The van der Waals surface area contributed by atoms with Crippen LogP contribution in [-0.4, -0.2) is 24.6 Å². The number of rotatable bonds is 0. The van der Waals surface area contributed by atoms with Gasteiger partial charge in [-0.1, -0.05) is 20.5 Å². The van der Waals surface area contributed by atoms with Crippen LogP contribution < -0.4 is 0 Å². The number of alkyl halides is 6. The third-order valence-corrected chi connectivity index (χ3v) is 2.95. The molecular weight excluding hydrogens is 398 g/mol. The Morgan fingerprint density at radius 3 is 1.40 bits per heavy atom. The van der Waals surface area contributed by atoms with Crippen molar-refractivity contribution >= 4 is 0 Å². The van der Waals surface area contributed by atoms with Gasteiger partial charge < -0.3 is 35.1 Å². The van der Waals surface area contributed by atoms with E-state index < -0.39 is 30.0 Å². The summed E-state index contributed by atoms with van der Waals surface area (Å²) in [5, 5.41) is 0. The van der Waals surface area contributed by atoms with Gasteiger partial charge in [-0.2, -0.15) is 26.3 Å². The Kier molecular flexibility index (Phi) is 13.2. The molecule has 0 spiro atoms. The Hall–Kier alpha value is -1.11. The van der Waals surface area contributed by atoms with Gasteiger partial charge in [0, 0.05) is 17.1 Å². The van der Waals surface area contributed by atoms with Crippen molar-refractivity contribution < 1.29 is 57.5 Å². The first-order valence-corrected chi connectivity index (χ1v) is 5.81. The molecule has 144 valence electrons. The summed E-state index contributed by atoms with van der Waals surface area (Å²) in [6.07, 6.45) is -10.1. The van der Waals surface area contributed by atoms with Crippen LogP contribution in [0.1, 0.15) is 13.8 Å². The Morgan fingerprint density at radius 1 is 0.920 bits per heavy atom. The molecule has 1 aliphatic rings. The van der Waals surface area contributed by atoms with Crippen LogP contribution in [0, 0.1) is 49.4 Å². The smallest absolute Gasteiger partial charge is 0 e. The monoisotopic (exact) mass is 408 g/mol. The summed E-state index contributed by atoms with van der Waals surface area (Å²) in [6.45, 7) is 10.1. The van der Waals surface area contributed by atoms with Crippen LogP contribution in [0.25, 0.3) is 0 Å². The first-order valence-electron chi connectivity index (χ1n) is 5.81. The van der Waals surface area contributed by atoms with E-state index in [2.05, 4.69) is 42.3 Å². The van der Waals surface area contributed by atoms with Crippen LogP contribution >= 0.6 is 0 Å². The average Bonchev–Trinajstić information content (AvgIpc) is 3.12. The molecule has 3 nitrogen and oxygen atoms in total. The molecule has 2 rings (SSSR count). The Balaban J connectivity index is -0.000000404. The molecule has 1 saturated heterocycles. The van der Waals surface area contributed by atoms with E-state index >= 15 is 0 Å². The molecule has 0 atom stereocenters. The van der Waals surface area contributed by atoms with Gasteiger partial charge in [-0.3, -0.25) is 6.42 Å². The van der Waals surface area contributed by atoms with Crippen molar-refractivity contribution in [2.45, 2.75) is 31.8 Å². The minimum Gasteiger partial charge on any atom is -0.999 e. The first-order chi connectivity index (χ1) is 11.0. The second-order valence-corrected chi connectivity index (χ2v) is 4.60. The van der Waals surface area contributed by atoms with Gasteiger partial charge in [0.15, 0.2) is 0 Å². The maximum Gasteiger partial charge on any atom is 0 e. The van der Waals surface area contributed by atoms with Crippen molar-refractivity contribution in [3.05, 3.63) is 50.1 Å². The Labute approximate surface area is 152 Å². The van der Waals surface area contributed by atoms with Gasteiger partial charge in [0.2, 0.25) is 5.60 Å². The standard InChI is InChI=1S/C8H9F6O.C5H.2CO.Fe/c1-5(2)3-4-15-6(5,7(9,10)11)8(12,13)14;1-2-4-5-3-1;2*1-2;/h3H,4H2,1-2H3;1H;;;/q-1;-5;;;. The van der Waals surface area contributed by atoms with Crippen LogP contribution in [0.2, 0.25) is 0 Å². The minimum atomic E-state index is -5.48. The third-order valence-electron chi connectivity index (χ3n) is 2.95. The molecule has 1 fully saturated rings. The van der Waals surface area contributed by atoms with Crippen molar-refractivity contribution in [1.82, 2.24) is 0 Å². The molecule has 1 heterocycles. The maximum absolute atomic E-state index is 12.5. The quantitative estimate of drug-likeness (QED) is 0.280. The van der Waals surface area contributed by atoms with Gasteiger partial charge in [0.1, 0.15) is 0 Å². The zero-order valence-corrected chi connectivity index (χ0v) is 13.8. The van der Waals surface area contributed by atoms with Gasteiger partial charge in [0.05, 0.1) is 0 Å². The van der Waals surface area contributed by atoms with E-state index in [0.29, 0.717) is 0 Å². The number of hydrogen-bond acceptors (Lipinski definition) is 1. The normalized spacial score (nSPS) is 17.1. The van der Waals surface area contributed by atoms with Crippen molar-refractivity contribution in [1.29, 1.82) is 0 Å². The predicted molar refractivity (Wildman–Crippen MR) is 64.1 cm³/mol. The minimum absolute atomic E-state index is 0. The summed E-state index contributed by atoms with van der Waals surface area (Å²) in [7, 11) is 0. The second kappa shape index (κ2) is 11.5. The molecule has 0 aromatic heterocycles. The molecule has 0 N–H and O–H groups in total. The van der Waals surface area contributed by atoms with Crippen LogP contribution in [0.4, 0.5) is 26.3 Å². The predicted octanol–water partition coefficient (Wildman–Crippen LogP) is 3.64. The molecule has 10 heteroatoms. The summed E-state index contributed by atoms with van der Waals surface area (Å²) in [6, 6.07) is 12.0. The molecule has 0 saturated carbocycles. The number of hydrogen-bond donors (Lipinski definition) is 0. The van der Waals surface area contributed by atoms with Gasteiger partial charge in [0.25, 0.3) is 0 Å². The second-order valence-electron chi connectivity index (χ2n) is 4.60. The van der Waals surface area contributed by atoms with Crippen LogP contribution in [0.3, 0.4) is 0 Å². The molecule has 0 bridgehead atoms. The summed E-state index contributed by atoms with van der Waals surface area (Å²) in [4.78, 5) is 0. The molecule has 1 aromatic carbocycles. The number of ether oxygens (including phenoxy) is 1. The van der Waals surface area contributed by atoms with Gasteiger partial charge in [-0.05, 0) is 0 Å². The van der Waals surface area contributed by atoms with Crippen LogP contribution in [0.15, 0.2) is 6.07 Å². The van der Waals surface area contributed by atoms with E-state index in [0.717, 1.165) is 20.3 Å². The van der Waals surface area contributed by atoms with Crippen LogP contribution in [0.5, 0.6) is 0 Å². The van der Waals surface area contributed by atoms with Crippen molar-refractivity contribution in [3.63, 3.8) is 0 Å². The molecular formula is C15H10F6FeO3-6. The van der Waals surface area contributed by atoms with Crippen molar-refractivity contribution in [2.75, 3.05) is 6.61 Å². The van der Waals surface area contributed by atoms with Gasteiger partial charge in [-0.25, -0.2) is 0 Å². The summed E-state index contributed by atoms with van der Waals surface area (Å²) < 4.78 is 94.2. The van der Waals surface area contributed by atoms with Crippen molar-refractivity contribution in [2.24, 2.45) is 5.41 Å². The molecule has 1 aliphatic heterocycles. The SMILES string of the molecule is CC1(C)[CH-]COC1(C(F)(F)F)C(F)(F)F.[C-]#[O+].[C-]#[O+].[Fe].[c-]1[c-][c-][cH-][c-]1. The number of halogens is 6. The van der Waals surface area contributed by atoms with Crippen molar-refractivity contribution in [3.8, 4) is 0 Å². The van der Waals surface area contributed by atoms with Gasteiger partial charge in [-0.15, -0.1) is 5.41 Å². The Bertz CT molecular complexity index is 452. The third kappa shape index (κ3) is 6.60. The summed E-state index contributed by atoms with van der Waals surface area (Å²) in [5.74, 6) is 0. The molecule has 25 heavy (non-hydrogen) atoms. The fourth-order valence-corrected chi connectivity index (χ4v) is 1.94. The molecule has 0 amide bonds. The summed E-state index contributed by atoms with van der Waals surface area (Å²) >= 11 is 0. The molecule has 1 aromatic rings.